The van der Waals surface area contributed by atoms with E-state index in [9.17, 15) is 4.79 Å². The van der Waals surface area contributed by atoms with Crippen molar-refractivity contribution in [3.8, 4) is 0 Å². The van der Waals surface area contributed by atoms with Gasteiger partial charge in [-0.3, -0.25) is 4.79 Å². The first kappa shape index (κ1) is 13.9. The number of nitrogens with zero attached hydrogens (tertiary/aromatic N) is 1. The molecule has 0 aliphatic heterocycles. The maximum Gasteiger partial charge on any atom is 0.224 e. The molecule has 110 valence electrons. The van der Waals surface area contributed by atoms with Crippen LogP contribution >= 0.6 is 0 Å². The Kier molecular flexibility index (Phi) is 4.04. The fourth-order valence-corrected chi connectivity index (χ4v) is 2.83. The number of amides is 1. The van der Waals surface area contributed by atoms with E-state index in [0.717, 1.165) is 17.7 Å². The number of fused-ring (bicyclic) bond motifs is 1. The van der Waals surface area contributed by atoms with Crippen LogP contribution in [0.5, 0.6) is 0 Å². The van der Waals surface area contributed by atoms with Crippen molar-refractivity contribution in [2.24, 2.45) is 0 Å². The second-order valence-electron chi connectivity index (χ2n) is 5.70. The van der Waals surface area contributed by atoms with Crippen LogP contribution in [0.25, 0.3) is 0 Å². The second kappa shape index (κ2) is 6.12. The summed E-state index contributed by atoms with van der Waals surface area (Å²) in [5.41, 5.74) is 4.77. The van der Waals surface area contributed by atoms with E-state index < -0.39 is 0 Å². The summed E-state index contributed by atoms with van der Waals surface area (Å²) in [5.74, 6) is 0.700. The highest BCUT2D eigenvalue weighted by Gasteiger charge is 2.11. The van der Waals surface area contributed by atoms with Crippen LogP contribution in [0.1, 0.15) is 41.0 Å². The third-order valence-corrected chi connectivity index (χ3v) is 3.91. The number of carbonyl (C=O) groups excluding carboxylic acids is 1. The normalized spacial score (nSPS) is 13.8. The van der Waals surface area contributed by atoms with Crippen molar-refractivity contribution >= 4 is 5.91 Å². The average Bonchev–Trinajstić information content (AvgIpc) is 2.91. The molecule has 1 aromatic carbocycles. The number of aryl methyl sites for hydroxylation is 3. The summed E-state index contributed by atoms with van der Waals surface area (Å²) in [6.07, 6.45) is 5.27. The quantitative estimate of drug-likeness (QED) is 0.939. The standard InChI is InChI=1S/C17H20N2O2/c1-12-8-16(21-19-12)11-18-17(20)10-13-6-7-14-4-2-3-5-15(14)9-13/h6-9H,2-5,10-11H2,1H3,(H,18,20). The van der Waals surface area contributed by atoms with E-state index in [-0.39, 0.29) is 5.91 Å². The highest BCUT2D eigenvalue weighted by atomic mass is 16.5. The minimum absolute atomic E-state index is 0.0137. The number of hydrogen-bond acceptors (Lipinski definition) is 3. The molecule has 0 spiro atoms. The highest BCUT2D eigenvalue weighted by molar-refractivity contribution is 5.78. The molecule has 21 heavy (non-hydrogen) atoms. The number of hydrogen-bond donors (Lipinski definition) is 1. The molecule has 1 aliphatic rings. The molecule has 0 saturated heterocycles. The van der Waals surface area contributed by atoms with Crippen LogP contribution in [0, 0.1) is 6.92 Å². The predicted octanol–water partition coefficient (Wildman–Crippen LogP) is 2.72. The molecular weight excluding hydrogens is 264 g/mol. The van der Waals surface area contributed by atoms with Crippen LogP contribution in [0.2, 0.25) is 0 Å². The molecule has 3 rings (SSSR count). The Bertz CT molecular complexity index is 646. The minimum atomic E-state index is 0.0137. The van der Waals surface area contributed by atoms with E-state index >= 15 is 0 Å². The summed E-state index contributed by atoms with van der Waals surface area (Å²) in [6, 6.07) is 8.27. The Balaban J connectivity index is 1.57. The fourth-order valence-electron chi connectivity index (χ4n) is 2.83. The van der Waals surface area contributed by atoms with Crippen molar-refractivity contribution in [1.29, 1.82) is 0 Å². The summed E-state index contributed by atoms with van der Waals surface area (Å²) < 4.78 is 5.07. The van der Waals surface area contributed by atoms with Crippen LogP contribution in [-0.4, -0.2) is 11.1 Å². The molecule has 1 aliphatic carbocycles. The summed E-state index contributed by atoms with van der Waals surface area (Å²) in [7, 11) is 0. The third kappa shape index (κ3) is 3.51. The largest absolute Gasteiger partial charge is 0.359 e. The van der Waals surface area contributed by atoms with Gasteiger partial charge in [-0.2, -0.15) is 0 Å². The third-order valence-electron chi connectivity index (χ3n) is 3.91. The Hall–Kier alpha value is -2.10. The fraction of sp³-hybridized carbons (Fsp3) is 0.412. The zero-order valence-corrected chi connectivity index (χ0v) is 12.3. The maximum absolute atomic E-state index is 12.0. The molecule has 0 unspecified atom stereocenters. The Morgan fingerprint density at radius 2 is 2.05 bits per heavy atom. The molecule has 0 radical (unpaired) electrons. The van der Waals surface area contributed by atoms with Crippen molar-refractivity contribution in [3.63, 3.8) is 0 Å². The number of rotatable bonds is 4. The molecule has 0 saturated carbocycles. The van der Waals surface area contributed by atoms with Gasteiger partial charge in [-0.25, -0.2) is 0 Å². The first-order valence-electron chi connectivity index (χ1n) is 7.50. The van der Waals surface area contributed by atoms with Gasteiger partial charge in [0.05, 0.1) is 18.7 Å². The second-order valence-corrected chi connectivity index (χ2v) is 5.70. The Labute approximate surface area is 124 Å². The van der Waals surface area contributed by atoms with Gasteiger partial charge in [0.15, 0.2) is 5.76 Å². The SMILES string of the molecule is Cc1cc(CNC(=O)Cc2ccc3c(c2)CCCC3)on1. The summed E-state index contributed by atoms with van der Waals surface area (Å²) in [5, 5.41) is 6.67. The van der Waals surface area contributed by atoms with Crippen LogP contribution in [0.4, 0.5) is 0 Å². The van der Waals surface area contributed by atoms with Crippen molar-refractivity contribution in [1.82, 2.24) is 10.5 Å². The van der Waals surface area contributed by atoms with Gasteiger partial charge in [0.1, 0.15) is 0 Å². The number of aromatic nitrogens is 1. The Morgan fingerprint density at radius 3 is 2.81 bits per heavy atom. The summed E-state index contributed by atoms with van der Waals surface area (Å²) >= 11 is 0. The molecular formula is C17H20N2O2. The highest BCUT2D eigenvalue weighted by Crippen LogP contribution is 2.22. The van der Waals surface area contributed by atoms with Gasteiger partial charge in [-0.15, -0.1) is 0 Å². The van der Waals surface area contributed by atoms with E-state index in [1.54, 1.807) is 0 Å². The van der Waals surface area contributed by atoms with Gasteiger partial charge in [0.25, 0.3) is 0 Å². The molecule has 1 aromatic heterocycles. The van der Waals surface area contributed by atoms with Crippen LogP contribution in [0.3, 0.4) is 0 Å². The van der Waals surface area contributed by atoms with Crippen LogP contribution in [0.15, 0.2) is 28.8 Å². The topological polar surface area (TPSA) is 55.1 Å². The molecule has 1 amide bonds. The zero-order valence-electron chi connectivity index (χ0n) is 12.3. The molecule has 4 heteroatoms. The van der Waals surface area contributed by atoms with E-state index in [1.807, 2.05) is 13.0 Å². The summed E-state index contributed by atoms with van der Waals surface area (Å²) in [6.45, 7) is 2.26. The van der Waals surface area contributed by atoms with Gasteiger partial charge >= 0.3 is 0 Å². The number of nitrogens with one attached hydrogen (secondary N) is 1. The monoisotopic (exact) mass is 284 g/mol. The van der Waals surface area contributed by atoms with Gasteiger partial charge in [0, 0.05) is 6.07 Å². The first-order chi connectivity index (χ1) is 10.2. The zero-order chi connectivity index (χ0) is 14.7. The molecule has 2 aromatic rings. The van der Waals surface area contributed by atoms with Crippen molar-refractivity contribution in [2.45, 2.75) is 45.6 Å². The van der Waals surface area contributed by atoms with Crippen molar-refractivity contribution in [3.05, 3.63) is 52.4 Å². The van der Waals surface area contributed by atoms with Crippen molar-refractivity contribution < 1.29 is 9.32 Å². The lowest BCUT2D eigenvalue weighted by Gasteiger charge is -2.16. The molecule has 1 heterocycles. The lowest BCUT2D eigenvalue weighted by atomic mass is 9.90. The smallest absolute Gasteiger partial charge is 0.224 e. The Morgan fingerprint density at radius 1 is 1.24 bits per heavy atom. The van der Waals surface area contributed by atoms with Gasteiger partial charge in [-0.1, -0.05) is 23.4 Å². The molecule has 0 bridgehead atoms. The predicted molar refractivity (Wildman–Crippen MR) is 79.9 cm³/mol. The van der Waals surface area contributed by atoms with E-state index in [0.29, 0.717) is 18.7 Å². The average molecular weight is 284 g/mol. The van der Waals surface area contributed by atoms with Crippen LogP contribution in [-0.2, 0) is 30.6 Å². The van der Waals surface area contributed by atoms with E-state index in [2.05, 4.69) is 28.7 Å². The van der Waals surface area contributed by atoms with Gasteiger partial charge in [-0.05, 0) is 49.3 Å². The number of carbonyl (C=O) groups is 1. The molecule has 0 atom stereocenters. The van der Waals surface area contributed by atoms with Gasteiger partial charge in [0.2, 0.25) is 5.91 Å². The molecule has 0 fully saturated rings. The number of benzene rings is 1. The maximum atomic E-state index is 12.0. The van der Waals surface area contributed by atoms with Crippen molar-refractivity contribution in [2.75, 3.05) is 0 Å². The minimum Gasteiger partial charge on any atom is -0.359 e. The van der Waals surface area contributed by atoms with Crippen LogP contribution < -0.4 is 5.32 Å². The van der Waals surface area contributed by atoms with Gasteiger partial charge < -0.3 is 9.84 Å². The lowest BCUT2D eigenvalue weighted by molar-refractivity contribution is -0.120. The summed E-state index contributed by atoms with van der Waals surface area (Å²) in [4.78, 5) is 12.0. The first-order valence-corrected chi connectivity index (χ1v) is 7.50. The van der Waals surface area contributed by atoms with E-state index in [4.69, 9.17) is 4.52 Å². The van der Waals surface area contributed by atoms with E-state index in [1.165, 1.54) is 30.4 Å². The molecule has 4 nitrogen and oxygen atoms in total. The molecule has 1 N–H and O–H groups in total. The lowest BCUT2D eigenvalue weighted by Crippen LogP contribution is -2.24.